The second kappa shape index (κ2) is 15.1. The number of nitrogens with two attached hydrogens (primary N) is 1. The van der Waals surface area contributed by atoms with E-state index in [1.54, 1.807) is 17.2 Å². The highest BCUT2D eigenvalue weighted by Gasteiger charge is 2.37. The van der Waals surface area contributed by atoms with Crippen LogP contribution in [0.5, 0.6) is 0 Å². The summed E-state index contributed by atoms with van der Waals surface area (Å²) in [5, 5.41) is 5.50. The van der Waals surface area contributed by atoms with Crippen LogP contribution in [-0.2, 0) is 24.3 Å². The van der Waals surface area contributed by atoms with Gasteiger partial charge in [-0.2, -0.15) is 4.31 Å². The Bertz CT molecular complexity index is 1660. The molecule has 13 nitrogen and oxygen atoms in total. The van der Waals surface area contributed by atoms with Gasteiger partial charge in [0.15, 0.2) is 0 Å². The van der Waals surface area contributed by atoms with Crippen molar-refractivity contribution in [2.24, 2.45) is 16.6 Å². The van der Waals surface area contributed by atoms with Gasteiger partial charge in [0.25, 0.3) is 0 Å². The molecule has 0 unspecified atom stereocenters. The van der Waals surface area contributed by atoms with Crippen LogP contribution in [0.4, 0.5) is 10.5 Å². The predicted molar refractivity (Wildman–Crippen MR) is 178 cm³/mol. The number of benzene rings is 1. The predicted octanol–water partition coefficient (Wildman–Crippen LogP) is 3.19. The van der Waals surface area contributed by atoms with E-state index in [0.29, 0.717) is 73.9 Å². The summed E-state index contributed by atoms with van der Waals surface area (Å²) < 4.78 is 33.2. The number of ether oxygens (including phenoxy) is 1. The van der Waals surface area contributed by atoms with E-state index in [4.69, 9.17) is 10.5 Å². The monoisotopic (exact) mass is 665 g/mol. The summed E-state index contributed by atoms with van der Waals surface area (Å²) in [6, 6.07) is 7.08. The van der Waals surface area contributed by atoms with Crippen molar-refractivity contribution < 1.29 is 27.5 Å². The maximum Gasteiger partial charge on any atom is 0.407 e. The van der Waals surface area contributed by atoms with E-state index in [1.165, 1.54) is 17.4 Å². The molecule has 2 fully saturated rings. The third kappa shape index (κ3) is 8.55. The minimum atomic E-state index is -3.75. The molecule has 3 amide bonds. The van der Waals surface area contributed by atoms with E-state index < -0.39 is 16.1 Å². The van der Waals surface area contributed by atoms with Crippen molar-refractivity contribution >= 4 is 45.5 Å². The molecule has 47 heavy (non-hydrogen) atoms. The first-order valence-electron chi connectivity index (χ1n) is 16.1. The van der Waals surface area contributed by atoms with E-state index in [-0.39, 0.29) is 35.2 Å². The quantitative estimate of drug-likeness (QED) is 0.273. The van der Waals surface area contributed by atoms with Gasteiger partial charge in [0, 0.05) is 87.6 Å². The fourth-order valence-electron chi connectivity index (χ4n) is 5.64. The number of amides is 3. The highest BCUT2D eigenvalue weighted by Crippen LogP contribution is 2.33. The van der Waals surface area contributed by atoms with E-state index >= 15 is 0 Å². The van der Waals surface area contributed by atoms with E-state index in [1.807, 2.05) is 31.2 Å². The van der Waals surface area contributed by atoms with Crippen LogP contribution in [0.15, 0.2) is 52.1 Å². The number of carbonyl (C=O) groups is 3. The number of carbonyl (C=O) groups excluding carboxylic acids is 3. The highest BCUT2D eigenvalue weighted by molar-refractivity contribution is 7.89. The van der Waals surface area contributed by atoms with Gasteiger partial charge in [0.2, 0.25) is 21.8 Å². The van der Waals surface area contributed by atoms with Crippen LogP contribution in [0.25, 0.3) is 17.2 Å². The normalized spacial score (nSPS) is 16.8. The number of hydrogen-bond acceptors (Lipinski definition) is 9. The molecule has 252 valence electrons. The van der Waals surface area contributed by atoms with Crippen molar-refractivity contribution in [2.75, 3.05) is 39.3 Å². The first-order valence-corrected chi connectivity index (χ1v) is 17.6. The number of nitrogens with one attached hydrogen (secondary N) is 2. The molecule has 5 rings (SSSR count). The van der Waals surface area contributed by atoms with Gasteiger partial charge in [-0.25, -0.2) is 18.2 Å². The van der Waals surface area contributed by atoms with Crippen molar-refractivity contribution in [2.45, 2.75) is 63.4 Å². The molecule has 3 heterocycles. The van der Waals surface area contributed by atoms with Gasteiger partial charge in [-0.05, 0) is 55.9 Å². The molecule has 4 N–H and O–H groups in total. The first-order chi connectivity index (χ1) is 22.5. The summed E-state index contributed by atoms with van der Waals surface area (Å²) in [5.74, 6) is 0.0843. The van der Waals surface area contributed by atoms with Crippen LogP contribution < -0.4 is 16.4 Å². The summed E-state index contributed by atoms with van der Waals surface area (Å²) in [6.45, 7) is 5.97. The number of aromatic nitrogens is 1. The molecule has 1 saturated carbocycles. The minimum Gasteiger partial charge on any atom is -0.446 e. The zero-order valence-electron chi connectivity index (χ0n) is 26.9. The second-order valence-electron chi connectivity index (χ2n) is 12.3. The summed E-state index contributed by atoms with van der Waals surface area (Å²) in [4.78, 5) is 47.4. The van der Waals surface area contributed by atoms with Crippen molar-refractivity contribution in [1.82, 2.24) is 24.8 Å². The summed E-state index contributed by atoms with van der Waals surface area (Å²) in [6.07, 6.45) is 8.80. The first kappa shape index (κ1) is 34.0. The van der Waals surface area contributed by atoms with Gasteiger partial charge < -0.3 is 26.0 Å². The number of amidine groups is 1. The number of aliphatic imine (C=N–C) groups is 1. The van der Waals surface area contributed by atoms with Gasteiger partial charge in [-0.3, -0.25) is 14.6 Å². The van der Waals surface area contributed by atoms with Gasteiger partial charge in [-0.1, -0.05) is 19.1 Å². The van der Waals surface area contributed by atoms with E-state index in [2.05, 4.69) is 20.6 Å². The topological polar surface area (TPSA) is 176 Å². The van der Waals surface area contributed by atoms with Crippen LogP contribution in [0.3, 0.4) is 0 Å². The lowest BCUT2D eigenvalue weighted by Crippen LogP contribution is -2.53. The number of sulfonamides is 1. The van der Waals surface area contributed by atoms with Crippen LogP contribution >= 0.6 is 0 Å². The maximum atomic E-state index is 13.7. The van der Waals surface area contributed by atoms with Crippen molar-refractivity contribution in [3.63, 3.8) is 0 Å². The van der Waals surface area contributed by atoms with Gasteiger partial charge in [-0.15, -0.1) is 0 Å². The molecular formula is C33H43N7O6S. The van der Waals surface area contributed by atoms with Crippen molar-refractivity contribution in [3.8, 4) is 11.1 Å². The molecule has 1 aromatic carbocycles. The highest BCUT2D eigenvalue weighted by atomic mass is 32.2. The standard InChI is InChI=1S/C33H43N7O6S/c1-3-11-39(12-5-10-36-33(43)46-28-6-4-7-28)32(42)26-13-25-9-8-24(15-30(25)38-31(34)16-26)27-14-29(19-35-18-27)47(44,45)40-20-23(21-40)17-37-22(2)41/h8-9,13-15,18-19,23,28H,3-7,10-12,16-17,20-21H2,1-2H3,(H2,34,38)(H,36,43)(H,37,41). The number of nitrogens with zero attached hydrogens (tertiary/aromatic N) is 4. The Morgan fingerprint density at radius 1 is 1.09 bits per heavy atom. The molecule has 0 bridgehead atoms. The molecule has 0 spiro atoms. The number of rotatable bonds is 13. The summed E-state index contributed by atoms with van der Waals surface area (Å²) in [5.41, 5.74) is 9.40. The zero-order valence-corrected chi connectivity index (χ0v) is 27.7. The molecular weight excluding hydrogens is 622 g/mol. The molecule has 14 heteroatoms. The third-order valence-corrected chi connectivity index (χ3v) is 10.3. The average Bonchev–Trinajstić information content (AvgIpc) is 3.16. The second-order valence-corrected chi connectivity index (χ2v) is 14.2. The van der Waals surface area contributed by atoms with Gasteiger partial charge in [0.1, 0.15) is 16.8 Å². The Morgan fingerprint density at radius 2 is 1.87 bits per heavy atom. The van der Waals surface area contributed by atoms with Crippen molar-refractivity contribution in [1.29, 1.82) is 0 Å². The molecule has 0 radical (unpaired) electrons. The van der Waals surface area contributed by atoms with E-state index in [0.717, 1.165) is 31.2 Å². The molecule has 0 atom stereocenters. The lowest BCUT2D eigenvalue weighted by molar-refractivity contribution is -0.127. The van der Waals surface area contributed by atoms with Crippen molar-refractivity contribution in [3.05, 3.63) is 47.8 Å². The van der Waals surface area contributed by atoms with Crippen LogP contribution in [-0.4, -0.2) is 91.7 Å². The average molecular weight is 666 g/mol. The molecule has 2 aliphatic heterocycles. The lowest BCUT2D eigenvalue weighted by atomic mass is 9.96. The number of alkyl carbamates (subject to hydrolysis) is 1. The fraction of sp³-hybridized carbons (Fsp3) is 0.485. The van der Waals surface area contributed by atoms with Gasteiger partial charge >= 0.3 is 6.09 Å². The smallest absolute Gasteiger partial charge is 0.407 e. The Kier molecular flexibility index (Phi) is 10.9. The van der Waals surface area contributed by atoms with Gasteiger partial charge in [0.05, 0.1) is 5.69 Å². The lowest BCUT2D eigenvalue weighted by Gasteiger charge is -2.38. The number of fused-ring (bicyclic) bond motifs is 1. The van der Waals surface area contributed by atoms with Crippen LogP contribution in [0, 0.1) is 5.92 Å². The fourth-order valence-corrected chi connectivity index (χ4v) is 7.22. The maximum absolute atomic E-state index is 13.7. The van der Waals surface area contributed by atoms with E-state index in [9.17, 15) is 22.8 Å². The summed E-state index contributed by atoms with van der Waals surface area (Å²) in [7, 11) is -3.75. The number of hydrogen-bond donors (Lipinski definition) is 3. The minimum absolute atomic E-state index is 0.0201. The van der Waals surface area contributed by atoms with Crippen LogP contribution in [0.1, 0.15) is 57.9 Å². The zero-order chi connectivity index (χ0) is 33.6. The largest absolute Gasteiger partial charge is 0.446 e. The third-order valence-electron chi connectivity index (χ3n) is 8.50. The van der Waals surface area contributed by atoms with Crippen LogP contribution in [0.2, 0.25) is 0 Å². The Hall–Kier alpha value is -4.30. The molecule has 1 saturated heterocycles. The molecule has 2 aromatic rings. The molecule has 3 aliphatic rings. The Balaban J connectivity index is 1.26. The summed E-state index contributed by atoms with van der Waals surface area (Å²) >= 11 is 0. The molecule has 1 aromatic heterocycles. The number of pyridine rings is 1. The molecule has 1 aliphatic carbocycles. The SMILES string of the molecule is CCCN(CCCNC(=O)OC1CCC1)C(=O)C1=Cc2ccc(-c3cncc(S(=O)(=O)N4CC(CNC(C)=O)C4)c3)cc2N=C(N)C1. The Morgan fingerprint density at radius 3 is 2.57 bits per heavy atom. The Labute approximate surface area is 275 Å².